The normalized spacial score (nSPS) is 10.3. The molecule has 0 aliphatic rings. The number of aromatic hydroxyl groups is 1. The van der Waals surface area contributed by atoms with Crippen molar-refractivity contribution < 1.29 is 9.50 Å². The van der Waals surface area contributed by atoms with Gasteiger partial charge in [0, 0.05) is 3.57 Å². The SMILES string of the molecule is Oc1ccc(I)c(-c2ccc(F)cc2)c1. The van der Waals surface area contributed by atoms with E-state index in [1.165, 1.54) is 12.1 Å². The van der Waals surface area contributed by atoms with E-state index < -0.39 is 0 Å². The molecule has 2 rings (SSSR count). The lowest BCUT2D eigenvalue weighted by Crippen LogP contribution is -1.83. The highest BCUT2D eigenvalue weighted by Gasteiger charge is 2.04. The third-order valence-corrected chi connectivity index (χ3v) is 3.05. The molecule has 2 aromatic rings. The summed E-state index contributed by atoms with van der Waals surface area (Å²) in [5.74, 6) is -0.0383. The number of phenols is 1. The number of rotatable bonds is 1. The molecule has 0 bridgehead atoms. The molecule has 0 heterocycles. The van der Waals surface area contributed by atoms with Crippen LogP contribution in [0.15, 0.2) is 42.5 Å². The maximum Gasteiger partial charge on any atom is 0.123 e. The summed E-state index contributed by atoms with van der Waals surface area (Å²) in [4.78, 5) is 0. The van der Waals surface area contributed by atoms with Gasteiger partial charge in [0.2, 0.25) is 0 Å². The van der Waals surface area contributed by atoms with Gasteiger partial charge < -0.3 is 5.11 Å². The van der Waals surface area contributed by atoms with Crippen molar-refractivity contribution in [2.24, 2.45) is 0 Å². The van der Waals surface area contributed by atoms with Gasteiger partial charge in [-0.3, -0.25) is 0 Å². The lowest BCUT2D eigenvalue weighted by Gasteiger charge is -2.05. The van der Waals surface area contributed by atoms with Crippen LogP contribution in [0.25, 0.3) is 11.1 Å². The van der Waals surface area contributed by atoms with E-state index >= 15 is 0 Å². The Bertz CT molecular complexity index is 479. The van der Waals surface area contributed by atoms with Crippen LogP contribution in [-0.2, 0) is 0 Å². The molecule has 0 aromatic heterocycles. The van der Waals surface area contributed by atoms with Crippen molar-refractivity contribution in [1.82, 2.24) is 0 Å². The fourth-order valence-corrected chi connectivity index (χ4v) is 2.01. The van der Waals surface area contributed by atoms with Crippen molar-refractivity contribution in [3.05, 3.63) is 51.9 Å². The van der Waals surface area contributed by atoms with E-state index in [0.717, 1.165) is 14.7 Å². The van der Waals surface area contributed by atoms with E-state index in [2.05, 4.69) is 22.6 Å². The van der Waals surface area contributed by atoms with Gasteiger partial charge in [0.05, 0.1) is 0 Å². The summed E-state index contributed by atoms with van der Waals surface area (Å²) in [6, 6.07) is 11.4. The molecule has 15 heavy (non-hydrogen) atoms. The van der Waals surface area contributed by atoms with Crippen molar-refractivity contribution in [3.8, 4) is 16.9 Å². The van der Waals surface area contributed by atoms with Crippen LogP contribution in [0.5, 0.6) is 5.75 Å². The van der Waals surface area contributed by atoms with Crippen molar-refractivity contribution >= 4 is 22.6 Å². The summed E-state index contributed by atoms with van der Waals surface area (Å²) in [5.41, 5.74) is 1.81. The molecule has 0 unspecified atom stereocenters. The predicted octanol–water partition coefficient (Wildman–Crippen LogP) is 3.80. The van der Waals surface area contributed by atoms with Gasteiger partial charge >= 0.3 is 0 Å². The molecule has 0 aliphatic carbocycles. The van der Waals surface area contributed by atoms with E-state index in [-0.39, 0.29) is 11.6 Å². The van der Waals surface area contributed by atoms with Gasteiger partial charge in [-0.1, -0.05) is 12.1 Å². The minimum Gasteiger partial charge on any atom is -0.508 e. The molecule has 0 fully saturated rings. The second-order valence-electron chi connectivity index (χ2n) is 3.17. The van der Waals surface area contributed by atoms with E-state index in [4.69, 9.17) is 0 Å². The topological polar surface area (TPSA) is 20.2 Å². The van der Waals surface area contributed by atoms with Crippen LogP contribution in [-0.4, -0.2) is 5.11 Å². The van der Waals surface area contributed by atoms with Crippen LogP contribution in [0.1, 0.15) is 0 Å². The maximum atomic E-state index is 12.7. The monoisotopic (exact) mass is 314 g/mol. The second-order valence-corrected chi connectivity index (χ2v) is 4.33. The zero-order valence-electron chi connectivity index (χ0n) is 7.74. The summed E-state index contributed by atoms with van der Waals surface area (Å²) in [6.07, 6.45) is 0. The maximum absolute atomic E-state index is 12.7. The zero-order chi connectivity index (χ0) is 10.8. The van der Waals surface area contributed by atoms with Gasteiger partial charge in [0.25, 0.3) is 0 Å². The summed E-state index contributed by atoms with van der Waals surface area (Å²) in [6.45, 7) is 0. The molecule has 1 nitrogen and oxygen atoms in total. The quantitative estimate of drug-likeness (QED) is 0.794. The second kappa shape index (κ2) is 4.18. The van der Waals surface area contributed by atoms with Crippen molar-refractivity contribution in [2.45, 2.75) is 0 Å². The van der Waals surface area contributed by atoms with Gasteiger partial charge in [-0.05, 0) is 64.0 Å². The van der Waals surface area contributed by atoms with Crippen molar-refractivity contribution in [3.63, 3.8) is 0 Å². The molecule has 3 heteroatoms. The number of halogens is 2. The Kier molecular flexibility index (Phi) is 2.90. The van der Waals surface area contributed by atoms with Gasteiger partial charge in [-0.2, -0.15) is 0 Å². The zero-order valence-corrected chi connectivity index (χ0v) is 9.90. The van der Waals surface area contributed by atoms with Gasteiger partial charge in [0.1, 0.15) is 11.6 Å². The molecule has 0 radical (unpaired) electrons. The van der Waals surface area contributed by atoms with Crippen LogP contribution in [0.3, 0.4) is 0 Å². The average molecular weight is 314 g/mol. The lowest BCUT2D eigenvalue weighted by molar-refractivity contribution is 0.475. The van der Waals surface area contributed by atoms with Crippen molar-refractivity contribution in [1.29, 1.82) is 0 Å². The third-order valence-electron chi connectivity index (χ3n) is 2.11. The molecule has 1 N–H and O–H groups in total. The highest BCUT2D eigenvalue weighted by molar-refractivity contribution is 14.1. The number of benzene rings is 2. The first-order chi connectivity index (χ1) is 7.16. The molecular formula is C12H8FIO. The first kappa shape index (κ1) is 10.4. The standard InChI is InChI=1S/C12H8FIO/c13-9-3-1-8(2-4-9)11-7-10(15)5-6-12(11)14/h1-7,15H. The number of hydrogen-bond acceptors (Lipinski definition) is 1. The molecule has 0 amide bonds. The molecule has 0 aliphatic heterocycles. The predicted molar refractivity (Wildman–Crippen MR) is 66.2 cm³/mol. The van der Waals surface area contributed by atoms with E-state index in [1.807, 2.05) is 6.07 Å². The van der Waals surface area contributed by atoms with Gasteiger partial charge in [0.15, 0.2) is 0 Å². The highest BCUT2D eigenvalue weighted by atomic mass is 127. The molecule has 0 saturated carbocycles. The largest absolute Gasteiger partial charge is 0.508 e. The van der Waals surface area contributed by atoms with Crippen LogP contribution >= 0.6 is 22.6 Å². The Hall–Kier alpha value is -1.10. The smallest absolute Gasteiger partial charge is 0.123 e. The van der Waals surface area contributed by atoms with Crippen LogP contribution in [0.4, 0.5) is 4.39 Å². The Balaban J connectivity index is 2.53. The van der Waals surface area contributed by atoms with Crippen LogP contribution in [0, 0.1) is 9.39 Å². The summed E-state index contributed by atoms with van der Waals surface area (Å²) >= 11 is 2.18. The third kappa shape index (κ3) is 2.28. The average Bonchev–Trinajstić information content (AvgIpc) is 2.23. The molecule has 76 valence electrons. The Morgan fingerprint density at radius 2 is 1.67 bits per heavy atom. The molecular weight excluding hydrogens is 306 g/mol. The summed E-state index contributed by atoms with van der Waals surface area (Å²) in [7, 11) is 0. The fourth-order valence-electron chi connectivity index (χ4n) is 1.36. The lowest BCUT2D eigenvalue weighted by atomic mass is 10.1. The van der Waals surface area contributed by atoms with E-state index in [9.17, 15) is 9.50 Å². The minimum atomic E-state index is -0.256. The Labute approximate surface area is 101 Å². The molecule has 0 spiro atoms. The van der Waals surface area contributed by atoms with Gasteiger partial charge in [-0.15, -0.1) is 0 Å². The van der Waals surface area contributed by atoms with E-state index in [1.54, 1.807) is 24.3 Å². The first-order valence-corrected chi connectivity index (χ1v) is 5.49. The van der Waals surface area contributed by atoms with E-state index in [0.29, 0.717) is 0 Å². The van der Waals surface area contributed by atoms with Crippen LogP contribution < -0.4 is 0 Å². The summed E-state index contributed by atoms with van der Waals surface area (Å²) < 4.78 is 13.8. The molecule has 0 saturated heterocycles. The van der Waals surface area contributed by atoms with Crippen molar-refractivity contribution in [2.75, 3.05) is 0 Å². The van der Waals surface area contributed by atoms with Crippen LogP contribution in [0.2, 0.25) is 0 Å². The highest BCUT2D eigenvalue weighted by Crippen LogP contribution is 2.28. The number of phenolic OH excluding ortho intramolecular Hbond substituents is 1. The Morgan fingerprint density at radius 3 is 2.33 bits per heavy atom. The summed E-state index contributed by atoms with van der Waals surface area (Å²) in [5, 5.41) is 9.38. The minimum absolute atomic E-state index is 0.217. The molecule has 0 atom stereocenters. The van der Waals surface area contributed by atoms with Gasteiger partial charge in [-0.25, -0.2) is 4.39 Å². The molecule has 2 aromatic carbocycles. The fraction of sp³-hybridized carbons (Fsp3) is 0. The Morgan fingerprint density at radius 1 is 1.00 bits per heavy atom. The first-order valence-electron chi connectivity index (χ1n) is 4.41. The number of hydrogen-bond donors (Lipinski definition) is 1.